The summed E-state index contributed by atoms with van der Waals surface area (Å²) in [5.41, 5.74) is 1.10. The summed E-state index contributed by atoms with van der Waals surface area (Å²) in [5, 5.41) is 1.13. The first-order valence-corrected chi connectivity index (χ1v) is 14.8. The maximum absolute atomic E-state index is 13.6. The molecular formula is C26H33ClN4O3S2. The lowest BCUT2D eigenvalue weighted by Gasteiger charge is -2.34. The highest BCUT2D eigenvalue weighted by molar-refractivity contribution is 7.89. The summed E-state index contributed by atoms with van der Waals surface area (Å²) in [6.45, 7) is 6.51. The third-order valence-electron chi connectivity index (χ3n) is 6.40. The molecule has 10 heteroatoms. The molecule has 1 aromatic heterocycles. The normalized spacial score (nSPS) is 19.2. The number of piperidine rings is 1. The highest BCUT2D eigenvalue weighted by Gasteiger charge is 2.32. The Balaban J connectivity index is 1.60. The fourth-order valence-corrected chi connectivity index (χ4v) is 7.69. The van der Waals surface area contributed by atoms with Crippen LogP contribution in [0.5, 0.6) is 0 Å². The van der Waals surface area contributed by atoms with E-state index in [-0.39, 0.29) is 10.8 Å². The van der Waals surface area contributed by atoms with E-state index in [2.05, 4.69) is 23.7 Å². The number of hydrogen-bond acceptors (Lipinski definition) is 6. The molecule has 2 unspecified atom stereocenters. The first-order chi connectivity index (χ1) is 17.1. The van der Waals surface area contributed by atoms with E-state index in [9.17, 15) is 13.2 Å². The average molecular weight is 549 g/mol. The van der Waals surface area contributed by atoms with Gasteiger partial charge >= 0.3 is 0 Å². The molecule has 3 aromatic rings. The number of benzene rings is 2. The summed E-state index contributed by atoms with van der Waals surface area (Å²) in [7, 11) is 0.375. The van der Waals surface area contributed by atoms with Crippen molar-refractivity contribution in [3.8, 4) is 0 Å². The van der Waals surface area contributed by atoms with E-state index in [1.54, 1.807) is 39.5 Å². The van der Waals surface area contributed by atoms with Gasteiger partial charge < -0.3 is 4.90 Å². The molecule has 2 heterocycles. The van der Waals surface area contributed by atoms with Gasteiger partial charge in [-0.3, -0.25) is 9.69 Å². The Morgan fingerprint density at radius 1 is 1.08 bits per heavy atom. The molecule has 4 rings (SSSR count). The molecule has 1 fully saturated rings. The lowest BCUT2D eigenvalue weighted by Crippen LogP contribution is -2.42. The maximum Gasteiger partial charge on any atom is 0.260 e. The van der Waals surface area contributed by atoms with Crippen LogP contribution in [0, 0.1) is 11.8 Å². The highest BCUT2D eigenvalue weighted by atomic mass is 35.5. The first-order valence-electron chi connectivity index (χ1n) is 12.2. The third kappa shape index (κ3) is 5.92. The Morgan fingerprint density at radius 2 is 1.75 bits per heavy atom. The number of carbonyl (C=O) groups is 1. The van der Waals surface area contributed by atoms with Crippen LogP contribution in [0.25, 0.3) is 10.2 Å². The van der Waals surface area contributed by atoms with Gasteiger partial charge in [0.1, 0.15) is 5.52 Å². The molecule has 0 spiro atoms. The number of aromatic nitrogens is 1. The molecular weight excluding hydrogens is 516 g/mol. The molecule has 36 heavy (non-hydrogen) atoms. The number of amides is 1. The number of nitrogens with zero attached hydrogens (tertiary/aromatic N) is 4. The standard InChI is InChI=1S/C26H33ClN4O3S2/c1-18-15-19(2)17-30(16-18)36(33,34)21-11-9-20(10-12-21)25(32)31(14-6-13-29(3)4)26-28-24-22(27)7-5-8-23(24)35-26/h5,7-12,18-19H,6,13-17H2,1-4H3. The summed E-state index contributed by atoms with van der Waals surface area (Å²) in [6, 6.07) is 11.9. The number of para-hydroxylation sites is 1. The van der Waals surface area contributed by atoms with Crippen LogP contribution in [-0.4, -0.2) is 68.8 Å². The third-order valence-corrected chi connectivity index (χ3v) is 9.59. The zero-order valence-corrected chi connectivity index (χ0v) is 23.5. The van der Waals surface area contributed by atoms with E-state index >= 15 is 0 Å². The number of sulfonamides is 1. The number of thiazole rings is 1. The minimum atomic E-state index is -3.61. The van der Waals surface area contributed by atoms with Gasteiger partial charge in [-0.05, 0) is 81.7 Å². The van der Waals surface area contributed by atoms with Crippen molar-refractivity contribution in [1.29, 1.82) is 0 Å². The van der Waals surface area contributed by atoms with Gasteiger partial charge in [-0.2, -0.15) is 4.31 Å². The molecule has 7 nitrogen and oxygen atoms in total. The van der Waals surface area contributed by atoms with Crippen molar-refractivity contribution in [1.82, 2.24) is 14.2 Å². The molecule has 0 aliphatic carbocycles. The Labute approximate surface area is 222 Å². The van der Waals surface area contributed by atoms with Crippen LogP contribution in [-0.2, 0) is 10.0 Å². The minimum Gasteiger partial charge on any atom is -0.309 e. The second-order valence-corrected chi connectivity index (χ2v) is 13.3. The van der Waals surface area contributed by atoms with Crippen LogP contribution in [0.3, 0.4) is 0 Å². The predicted octanol–water partition coefficient (Wildman–Crippen LogP) is 5.21. The van der Waals surface area contributed by atoms with Crippen LogP contribution in [0.2, 0.25) is 5.02 Å². The van der Waals surface area contributed by atoms with Crippen molar-refractivity contribution in [3.05, 3.63) is 53.1 Å². The molecule has 1 aliphatic heterocycles. The topological polar surface area (TPSA) is 73.8 Å². The van der Waals surface area contributed by atoms with Crippen molar-refractivity contribution in [2.45, 2.75) is 31.6 Å². The minimum absolute atomic E-state index is 0.214. The van der Waals surface area contributed by atoms with E-state index in [1.807, 2.05) is 26.2 Å². The van der Waals surface area contributed by atoms with Gasteiger partial charge in [-0.15, -0.1) is 0 Å². The average Bonchev–Trinajstić information content (AvgIpc) is 3.26. The Bertz CT molecular complexity index is 1310. The largest absolute Gasteiger partial charge is 0.309 e. The molecule has 0 saturated carbocycles. The Kier molecular flexibility index (Phi) is 8.36. The van der Waals surface area contributed by atoms with Gasteiger partial charge in [-0.25, -0.2) is 13.4 Å². The van der Waals surface area contributed by atoms with Gasteiger partial charge in [0.05, 0.1) is 14.6 Å². The number of fused-ring (bicyclic) bond motifs is 1. The van der Waals surface area contributed by atoms with Gasteiger partial charge in [0, 0.05) is 25.2 Å². The second kappa shape index (κ2) is 11.1. The summed E-state index contributed by atoms with van der Waals surface area (Å²) >= 11 is 7.75. The zero-order chi connectivity index (χ0) is 26.0. The molecule has 1 saturated heterocycles. The summed E-state index contributed by atoms with van der Waals surface area (Å²) in [4.78, 5) is 22.2. The fourth-order valence-electron chi connectivity index (χ4n) is 4.72. The van der Waals surface area contributed by atoms with Gasteiger partial charge in [0.25, 0.3) is 5.91 Å². The summed E-state index contributed by atoms with van der Waals surface area (Å²) in [6.07, 6.45) is 1.79. The van der Waals surface area contributed by atoms with Gasteiger partial charge in [-0.1, -0.05) is 42.9 Å². The van der Waals surface area contributed by atoms with E-state index < -0.39 is 10.0 Å². The predicted molar refractivity (Wildman–Crippen MR) is 148 cm³/mol. The van der Waals surface area contributed by atoms with Crippen molar-refractivity contribution in [3.63, 3.8) is 0 Å². The monoisotopic (exact) mass is 548 g/mol. The molecule has 194 valence electrons. The van der Waals surface area contributed by atoms with E-state index in [1.165, 1.54) is 11.3 Å². The van der Waals surface area contributed by atoms with Crippen molar-refractivity contribution in [2.24, 2.45) is 11.8 Å². The SMILES string of the molecule is CC1CC(C)CN(S(=O)(=O)c2ccc(C(=O)N(CCCN(C)C)c3nc4c(Cl)cccc4s3)cc2)C1. The maximum atomic E-state index is 13.6. The molecule has 2 atom stereocenters. The fraction of sp³-hybridized carbons (Fsp3) is 0.462. The van der Waals surface area contributed by atoms with E-state index in [4.69, 9.17) is 11.6 Å². The van der Waals surface area contributed by atoms with E-state index in [0.29, 0.717) is 52.7 Å². The van der Waals surface area contributed by atoms with Crippen molar-refractivity contribution >= 4 is 54.2 Å². The zero-order valence-electron chi connectivity index (χ0n) is 21.1. The van der Waals surface area contributed by atoms with Crippen LogP contribution in [0.4, 0.5) is 5.13 Å². The van der Waals surface area contributed by atoms with E-state index in [0.717, 1.165) is 24.1 Å². The van der Waals surface area contributed by atoms with Crippen molar-refractivity contribution in [2.75, 3.05) is 45.2 Å². The molecule has 0 radical (unpaired) electrons. The van der Waals surface area contributed by atoms with Crippen LogP contribution in [0.15, 0.2) is 47.4 Å². The lowest BCUT2D eigenvalue weighted by molar-refractivity contribution is 0.0986. The number of anilines is 1. The van der Waals surface area contributed by atoms with Crippen molar-refractivity contribution < 1.29 is 13.2 Å². The number of carbonyl (C=O) groups excluding carboxylic acids is 1. The summed E-state index contributed by atoms with van der Waals surface area (Å²) < 4.78 is 29.0. The van der Waals surface area contributed by atoms with Crippen LogP contribution < -0.4 is 4.90 Å². The van der Waals surface area contributed by atoms with Gasteiger partial charge in [0.2, 0.25) is 10.0 Å². The smallest absolute Gasteiger partial charge is 0.260 e. The van der Waals surface area contributed by atoms with Gasteiger partial charge in [0.15, 0.2) is 5.13 Å². The number of hydrogen-bond donors (Lipinski definition) is 0. The molecule has 1 amide bonds. The van der Waals surface area contributed by atoms with Crippen LogP contribution >= 0.6 is 22.9 Å². The highest BCUT2D eigenvalue weighted by Crippen LogP contribution is 2.34. The Morgan fingerprint density at radius 3 is 2.36 bits per heavy atom. The quantitative estimate of drug-likeness (QED) is 0.386. The van der Waals surface area contributed by atoms with Crippen LogP contribution in [0.1, 0.15) is 37.0 Å². The molecule has 2 aromatic carbocycles. The molecule has 0 bridgehead atoms. The Hall–Kier alpha value is -2.04. The molecule has 1 aliphatic rings. The molecule has 0 N–H and O–H groups in total. The summed E-state index contributed by atoms with van der Waals surface area (Å²) in [5.74, 6) is 0.429. The lowest BCUT2D eigenvalue weighted by atomic mass is 9.94. The first kappa shape index (κ1) is 27.0. The number of halogens is 1. The second-order valence-electron chi connectivity index (χ2n) is 9.99. The number of rotatable bonds is 8.